The van der Waals surface area contributed by atoms with Crippen molar-refractivity contribution in [3.05, 3.63) is 60.0 Å². The number of anilines is 1. The van der Waals surface area contributed by atoms with E-state index in [2.05, 4.69) is 5.32 Å². The molecule has 4 rings (SSSR count). The summed E-state index contributed by atoms with van der Waals surface area (Å²) >= 11 is 0. The highest BCUT2D eigenvalue weighted by Crippen LogP contribution is 2.37. The van der Waals surface area contributed by atoms with Crippen LogP contribution in [0.4, 0.5) is 18.9 Å². The van der Waals surface area contributed by atoms with E-state index in [1.165, 1.54) is 28.4 Å². The van der Waals surface area contributed by atoms with Crippen molar-refractivity contribution in [2.24, 2.45) is 0 Å². The summed E-state index contributed by atoms with van der Waals surface area (Å²) in [5, 5.41) is 3.61. The number of piperazine rings is 1. The zero-order valence-electron chi connectivity index (χ0n) is 14.4. The summed E-state index contributed by atoms with van der Waals surface area (Å²) in [6, 6.07) is 10.9. The van der Waals surface area contributed by atoms with Crippen molar-refractivity contribution in [1.82, 2.24) is 9.29 Å². The first-order valence-electron chi connectivity index (χ1n) is 8.62. The SMILES string of the molecule is O=S(c1ccccc1F)n1cc(C(F)F)c2c(N3CCNCC3)cccc21. The minimum Gasteiger partial charge on any atom is -0.368 e. The number of nitrogens with zero attached hydrogens (tertiary/aromatic N) is 2. The van der Waals surface area contributed by atoms with Crippen molar-refractivity contribution >= 4 is 27.6 Å². The van der Waals surface area contributed by atoms with Crippen LogP contribution in [0.2, 0.25) is 0 Å². The average molecular weight is 393 g/mol. The molecule has 27 heavy (non-hydrogen) atoms. The number of alkyl halides is 2. The molecule has 3 aromatic rings. The van der Waals surface area contributed by atoms with E-state index in [4.69, 9.17) is 0 Å². The van der Waals surface area contributed by atoms with Gasteiger partial charge in [0.15, 0.2) is 11.0 Å². The highest BCUT2D eigenvalue weighted by Gasteiger charge is 2.25. The van der Waals surface area contributed by atoms with E-state index < -0.39 is 23.2 Å². The van der Waals surface area contributed by atoms with Crippen molar-refractivity contribution in [3.8, 4) is 0 Å². The number of hydrogen-bond donors (Lipinski definition) is 1. The maximum Gasteiger partial charge on any atom is 0.266 e. The molecule has 0 saturated carbocycles. The van der Waals surface area contributed by atoms with Crippen LogP contribution in [0.1, 0.15) is 12.0 Å². The van der Waals surface area contributed by atoms with Crippen molar-refractivity contribution < 1.29 is 17.4 Å². The third kappa shape index (κ3) is 3.23. The first kappa shape index (κ1) is 18.1. The standard InChI is InChI=1S/C19H18F3N3OS/c20-14-4-1-2-7-17(14)27(26)25-12-13(19(21)22)18-15(5-3-6-16(18)25)24-10-8-23-9-11-24/h1-7,12,19,23H,8-11H2. The molecule has 0 radical (unpaired) electrons. The predicted octanol–water partition coefficient (Wildman–Crippen LogP) is 3.70. The molecule has 8 heteroatoms. The van der Waals surface area contributed by atoms with Gasteiger partial charge in [-0.3, -0.25) is 3.97 Å². The maximum atomic E-state index is 14.1. The monoisotopic (exact) mass is 393 g/mol. The molecule has 0 spiro atoms. The summed E-state index contributed by atoms with van der Waals surface area (Å²) < 4.78 is 55.9. The zero-order valence-corrected chi connectivity index (χ0v) is 15.2. The maximum absolute atomic E-state index is 14.1. The third-order valence-corrected chi connectivity index (χ3v) is 6.07. The molecule has 1 unspecified atom stereocenters. The van der Waals surface area contributed by atoms with E-state index in [0.717, 1.165) is 13.1 Å². The molecular weight excluding hydrogens is 375 g/mol. The van der Waals surface area contributed by atoms with E-state index in [1.54, 1.807) is 24.3 Å². The van der Waals surface area contributed by atoms with Crippen LogP contribution in [0.3, 0.4) is 0 Å². The van der Waals surface area contributed by atoms with Crippen LogP contribution < -0.4 is 10.2 Å². The van der Waals surface area contributed by atoms with Crippen LogP contribution >= 0.6 is 0 Å². The van der Waals surface area contributed by atoms with Gasteiger partial charge in [0, 0.05) is 49.0 Å². The molecule has 4 nitrogen and oxygen atoms in total. The Morgan fingerprint density at radius 3 is 2.48 bits per heavy atom. The Hall–Kier alpha value is -2.32. The second-order valence-corrected chi connectivity index (χ2v) is 7.63. The molecule has 2 aromatic carbocycles. The predicted molar refractivity (Wildman–Crippen MR) is 100 cm³/mol. The number of rotatable bonds is 4. The number of aromatic nitrogens is 1. The van der Waals surface area contributed by atoms with E-state index in [-0.39, 0.29) is 10.5 Å². The molecule has 1 N–H and O–H groups in total. The lowest BCUT2D eigenvalue weighted by Crippen LogP contribution is -2.43. The Balaban J connectivity index is 1.90. The first-order valence-corrected chi connectivity index (χ1v) is 9.73. The highest BCUT2D eigenvalue weighted by atomic mass is 32.2. The fourth-order valence-corrected chi connectivity index (χ4v) is 4.61. The van der Waals surface area contributed by atoms with Gasteiger partial charge in [0.25, 0.3) is 6.43 Å². The molecule has 1 aromatic heterocycles. The molecule has 0 aliphatic carbocycles. The summed E-state index contributed by atoms with van der Waals surface area (Å²) in [7, 11) is -1.96. The van der Waals surface area contributed by atoms with Gasteiger partial charge in [-0.05, 0) is 24.3 Å². The summed E-state index contributed by atoms with van der Waals surface area (Å²) in [5.41, 5.74) is 0.903. The van der Waals surface area contributed by atoms with Gasteiger partial charge in [-0.1, -0.05) is 18.2 Å². The second-order valence-electron chi connectivity index (χ2n) is 6.30. The van der Waals surface area contributed by atoms with E-state index in [1.807, 2.05) is 4.90 Å². The number of halogens is 3. The lowest BCUT2D eigenvalue weighted by molar-refractivity contribution is 0.153. The topological polar surface area (TPSA) is 37.3 Å². The van der Waals surface area contributed by atoms with Gasteiger partial charge in [-0.25, -0.2) is 17.4 Å². The quantitative estimate of drug-likeness (QED) is 0.735. The van der Waals surface area contributed by atoms with Gasteiger partial charge in [-0.15, -0.1) is 0 Å². The zero-order chi connectivity index (χ0) is 19.0. The molecule has 0 amide bonds. The number of fused-ring (bicyclic) bond motifs is 1. The Morgan fingerprint density at radius 1 is 1.04 bits per heavy atom. The smallest absolute Gasteiger partial charge is 0.266 e. The van der Waals surface area contributed by atoms with Gasteiger partial charge < -0.3 is 10.2 Å². The van der Waals surface area contributed by atoms with Gasteiger partial charge in [0.2, 0.25) is 0 Å². The molecule has 1 saturated heterocycles. The molecular formula is C19H18F3N3OS. The molecule has 0 bridgehead atoms. The van der Waals surface area contributed by atoms with Crippen molar-refractivity contribution in [2.75, 3.05) is 31.1 Å². The van der Waals surface area contributed by atoms with Crippen LogP contribution in [0.15, 0.2) is 53.6 Å². The van der Waals surface area contributed by atoms with E-state index >= 15 is 0 Å². The summed E-state index contributed by atoms with van der Waals surface area (Å²) in [5.74, 6) is -0.630. The summed E-state index contributed by atoms with van der Waals surface area (Å²) in [4.78, 5) is 2.00. The minimum absolute atomic E-state index is 0.0391. The van der Waals surface area contributed by atoms with Crippen LogP contribution in [-0.4, -0.2) is 34.4 Å². The molecule has 1 atom stereocenters. The van der Waals surface area contributed by atoms with Crippen LogP contribution in [0, 0.1) is 5.82 Å². The number of nitrogens with one attached hydrogen (secondary N) is 1. The molecule has 142 valence electrons. The molecule has 1 fully saturated rings. The third-order valence-electron chi connectivity index (χ3n) is 4.70. The highest BCUT2D eigenvalue weighted by molar-refractivity contribution is 7.83. The van der Waals surface area contributed by atoms with Crippen molar-refractivity contribution in [3.63, 3.8) is 0 Å². The Kier molecular flexibility index (Phi) is 4.92. The first-order chi connectivity index (χ1) is 13.1. The lowest BCUT2D eigenvalue weighted by Gasteiger charge is -2.30. The molecule has 1 aliphatic heterocycles. The molecule has 2 heterocycles. The minimum atomic E-state index is -2.73. The summed E-state index contributed by atoms with van der Waals surface area (Å²) in [6.07, 6.45) is -1.54. The number of hydrogen-bond acceptors (Lipinski definition) is 3. The van der Waals surface area contributed by atoms with Gasteiger partial charge >= 0.3 is 0 Å². The Labute approximate surface area is 157 Å². The van der Waals surface area contributed by atoms with E-state index in [9.17, 15) is 17.4 Å². The van der Waals surface area contributed by atoms with Crippen LogP contribution in [0.5, 0.6) is 0 Å². The van der Waals surface area contributed by atoms with Crippen LogP contribution in [-0.2, 0) is 11.0 Å². The lowest BCUT2D eigenvalue weighted by atomic mass is 10.1. The fraction of sp³-hybridized carbons (Fsp3) is 0.263. The molecule has 1 aliphatic rings. The van der Waals surface area contributed by atoms with Crippen molar-refractivity contribution in [2.45, 2.75) is 11.3 Å². The Bertz CT molecular complexity index is 999. The van der Waals surface area contributed by atoms with Crippen LogP contribution in [0.25, 0.3) is 10.9 Å². The van der Waals surface area contributed by atoms with Gasteiger partial charge in [-0.2, -0.15) is 0 Å². The summed E-state index contributed by atoms with van der Waals surface area (Å²) in [6.45, 7) is 2.93. The van der Waals surface area contributed by atoms with Gasteiger partial charge in [0.1, 0.15) is 5.82 Å². The average Bonchev–Trinajstić information content (AvgIpc) is 3.09. The van der Waals surface area contributed by atoms with E-state index in [0.29, 0.717) is 29.7 Å². The normalized spacial score (nSPS) is 16.2. The van der Waals surface area contributed by atoms with Gasteiger partial charge in [0.05, 0.1) is 10.4 Å². The second kappa shape index (κ2) is 7.36. The Morgan fingerprint density at radius 2 is 1.78 bits per heavy atom. The van der Waals surface area contributed by atoms with Crippen molar-refractivity contribution in [1.29, 1.82) is 0 Å². The largest absolute Gasteiger partial charge is 0.368 e. The fourth-order valence-electron chi connectivity index (χ4n) is 3.43. The number of benzene rings is 2.